The lowest BCUT2D eigenvalue weighted by Gasteiger charge is -2.08. The van der Waals surface area contributed by atoms with Crippen molar-refractivity contribution in [3.8, 4) is 11.5 Å². The Morgan fingerprint density at radius 2 is 1.78 bits per heavy atom. The van der Waals surface area contributed by atoms with Gasteiger partial charge in [-0.1, -0.05) is 30.3 Å². The highest BCUT2D eigenvalue weighted by atomic mass is 16.5. The van der Waals surface area contributed by atoms with Gasteiger partial charge in [0, 0.05) is 13.0 Å². The second kappa shape index (κ2) is 9.51. The zero-order valence-electron chi connectivity index (χ0n) is 13.5. The summed E-state index contributed by atoms with van der Waals surface area (Å²) < 4.78 is 11.0. The van der Waals surface area contributed by atoms with Crippen LogP contribution in [0.25, 0.3) is 0 Å². The first-order valence-corrected chi connectivity index (χ1v) is 7.94. The molecular formula is C19H23NO3. The Bertz CT molecular complexity index is 599. The van der Waals surface area contributed by atoms with Crippen molar-refractivity contribution < 1.29 is 14.3 Å². The van der Waals surface area contributed by atoms with E-state index in [9.17, 15) is 4.79 Å². The largest absolute Gasteiger partial charge is 0.494 e. The van der Waals surface area contributed by atoms with E-state index in [0.717, 1.165) is 17.1 Å². The van der Waals surface area contributed by atoms with Gasteiger partial charge in [0.15, 0.2) is 0 Å². The summed E-state index contributed by atoms with van der Waals surface area (Å²) in [4.78, 5) is 11.8. The molecule has 23 heavy (non-hydrogen) atoms. The van der Waals surface area contributed by atoms with Crippen LogP contribution in [0.15, 0.2) is 54.6 Å². The van der Waals surface area contributed by atoms with Crippen molar-refractivity contribution >= 4 is 5.91 Å². The average Bonchev–Trinajstić information content (AvgIpc) is 2.58. The summed E-state index contributed by atoms with van der Waals surface area (Å²) in [7, 11) is 0. The number of rotatable bonds is 9. The first kappa shape index (κ1) is 16.9. The summed E-state index contributed by atoms with van der Waals surface area (Å²) >= 11 is 0. The molecule has 0 aliphatic rings. The maximum Gasteiger partial charge on any atom is 0.220 e. The molecule has 1 N–H and O–H groups in total. The minimum Gasteiger partial charge on any atom is -0.494 e. The van der Waals surface area contributed by atoms with Crippen LogP contribution in [0.1, 0.15) is 25.3 Å². The Balaban J connectivity index is 1.64. The van der Waals surface area contributed by atoms with Gasteiger partial charge >= 0.3 is 0 Å². The van der Waals surface area contributed by atoms with Crippen molar-refractivity contribution in [3.05, 3.63) is 60.2 Å². The molecule has 0 unspecified atom stereocenters. The van der Waals surface area contributed by atoms with Gasteiger partial charge in [-0.05, 0) is 43.2 Å². The quantitative estimate of drug-likeness (QED) is 0.720. The van der Waals surface area contributed by atoms with Gasteiger partial charge in [-0.25, -0.2) is 0 Å². The number of amides is 1. The molecule has 0 spiro atoms. The standard InChI is InChI=1S/C19H23NO3/c1-2-22-18-11-6-8-16(14-18)15-20-19(21)12-7-13-23-17-9-4-3-5-10-17/h3-6,8-11,14H,2,7,12-13,15H2,1H3,(H,20,21). The van der Waals surface area contributed by atoms with E-state index in [4.69, 9.17) is 9.47 Å². The molecule has 1 amide bonds. The first-order valence-electron chi connectivity index (χ1n) is 7.94. The minimum atomic E-state index is 0.0310. The molecule has 0 heterocycles. The fourth-order valence-electron chi connectivity index (χ4n) is 2.14. The van der Waals surface area contributed by atoms with Crippen LogP contribution in [-0.4, -0.2) is 19.1 Å². The van der Waals surface area contributed by atoms with E-state index in [2.05, 4.69) is 5.32 Å². The Hall–Kier alpha value is -2.49. The van der Waals surface area contributed by atoms with E-state index >= 15 is 0 Å². The number of carbonyl (C=O) groups is 1. The SMILES string of the molecule is CCOc1cccc(CNC(=O)CCCOc2ccccc2)c1. The number of carbonyl (C=O) groups excluding carboxylic acids is 1. The second-order valence-corrected chi connectivity index (χ2v) is 5.12. The van der Waals surface area contributed by atoms with Gasteiger partial charge in [-0.15, -0.1) is 0 Å². The number of ether oxygens (including phenoxy) is 2. The molecular weight excluding hydrogens is 290 g/mol. The minimum absolute atomic E-state index is 0.0310. The van der Waals surface area contributed by atoms with E-state index < -0.39 is 0 Å². The molecule has 0 atom stereocenters. The van der Waals surface area contributed by atoms with E-state index in [1.807, 2.05) is 61.5 Å². The topological polar surface area (TPSA) is 47.6 Å². The number of nitrogens with one attached hydrogen (secondary N) is 1. The summed E-state index contributed by atoms with van der Waals surface area (Å²) in [6, 6.07) is 17.4. The molecule has 0 saturated carbocycles. The van der Waals surface area contributed by atoms with Crippen molar-refractivity contribution in [1.29, 1.82) is 0 Å². The van der Waals surface area contributed by atoms with Crippen molar-refractivity contribution in [2.75, 3.05) is 13.2 Å². The molecule has 0 saturated heterocycles. The first-order chi connectivity index (χ1) is 11.3. The fraction of sp³-hybridized carbons (Fsp3) is 0.316. The Morgan fingerprint density at radius 3 is 2.57 bits per heavy atom. The zero-order valence-corrected chi connectivity index (χ0v) is 13.5. The number of hydrogen-bond donors (Lipinski definition) is 1. The summed E-state index contributed by atoms with van der Waals surface area (Å²) in [5.74, 6) is 1.69. The average molecular weight is 313 g/mol. The molecule has 0 aliphatic carbocycles. The lowest BCUT2D eigenvalue weighted by Crippen LogP contribution is -2.23. The van der Waals surface area contributed by atoms with E-state index in [0.29, 0.717) is 32.6 Å². The molecule has 0 fully saturated rings. The molecule has 122 valence electrons. The molecule has 0 bridgehead atoms. The number of hydrogen-bond acceptors (Lipinski definition) is 3. The van der Waals surface area contributed by atoms with Gasteiger partial charge in [0.25, 0.3) is 0 Å². The predicted octanol–water partition coefficient (Wildman–Crippen LogP) is 3.56. The summed E-state index contributed by atoms with van der Waals surface area (Å²) in [5.41, 5.74) is 1.03. The van der Waals surface area contributed by atoms with Gasteiger partial charge in [0.05, 0.1) is 13.2 Å². The fourth-order valence-corrected chi connectivity index (χ4v) is 2.14. The van der Waals surface area contributed by atoms with Crippen LogP contribution in [-0.2, 0) is 11.3 Å². The highest BCUT2D eigenvalue weighted by Gasteiger charge is 2.03. The molecule has 4 heteroatoms. The Kier molecular flexibility index (Phi) is 6.98. The van der Waals surface area contributed by atoms with Crippen LogP contribution in [0.5, 0.6) is 11.5 Å². The highest BCUT2D eigenvalue weighted by Crippen LogP contribution is 2.13. The zero-order chi connectivity index (χ0) is 16.3. The number of para-hydroxylation sites is 1. The van der Waals surface area contributed by atoms with Crippen LogP contribution >= 0.6 is 0 Å². The van der Waals surface area contributed by atoms with Crippen molar-refractivity contribution in [1.82, 2.24) is 5.32 Å². The van der Waals surface area contributed by atoms with Gasteiger partial charge in [-0.3, -0.25) is 4.79 Å². The molecule has 2 aromatic carbocycles. The normalized spacial score (nSPS) is 10.1. The summed E-state index contributed by atoms with van der Waals surface area (Å²) in [6.45, 7) is 3.64. The summed E-state index contributed by atoms with van der Waals surface area (Å²) in [6.07, 6.45) is 1.15. The van der Waals surface area contributed by atoms with Gasteiger partial charge in [0.2, 0.25) is 5.91 Å². The van der Waals surface area contributed by atoms with Crippen LogP contribution in [0.3, 0.4) is 0 Å². The smallest absolute Gasteiger partial charge is 0.220 e. The van der Waals surface area contributed by atoms with Crippen LogP contribution in [0.2, 0.25) is 0 Å². The van der Waals surface area contributed by atoms with Crippen LogP contribution in [0.4, 0.5) is 0 Å². The molecule has 4 nitrogen and oxygen atoms in total. The van der Waals surface area contributed by atoms with Crippen LogP contribution < -0.4 is 14.8 Å². The van der Waals surface area contributed by atoms with Gasteiger partial charge < -0.3 is 14.8 Å². The Morgan fingerprint density at radius 1 is 1.00 bits per heavy atom. The van der Waals surface area contributed by atoms with E-state index in [1.54, 1.807) is 0 Å². The molecule has 0 aromatic heterocycles. The van der Waals surface area contributed by atoms with Crippen molar-refractivity contribution in [2.24, 2.45) is 0 Å². The maximum absolute atomic E-state index is 11.8. The molecule has 2 rings (SSSR count). The van der Waals surface area contributed by atoms with Crippen molar-refractivity contribution in [3.63, 3.8) is 0 Å². The van der Waals surface area contributed by atoms with E-state index in [1.165, 1.54) is 0 Å². The lowest BCUT2D eigenvalue weighted by molar-refractivity contribution is -0.121. The molecule has 0 radical (unpaired) electrons. The third kappa shape index (κ3) is 6.43. The van der Waals surface area contributed by atoms with Gasteiger partial charge in [0.1, 0.15) is 11.5 Å². The highest BCUT2D eigenvalue weighted by molar-refractivity contribution is 5.75. The second-order valence-electron chi connectivity index (χ2n) is 5.12. The maximum atomic E-state index is 11.8. The summed E-state index contributed by atoms with van der Waals surface area (Å²) in [5, 5.41) is 2.92. The Labute approximate surface area is 137 Å². The number of benzene rings is 2. The lowest BCUT2D eigenvalue weighted by atomic mass is 10.2. The third-order valence-electron chi connectivity index (χ3n) is 3.26. The monoisotopic (exact) mass is 313 g/mol. The van der Waals surface area contributed by atoms with Crippen molar-refractivity contribution in [2.45, 2.75) is 26.3 Å². The molecule has 0 aliphatic heterocycles. The van der Waals surface area contributed by atoms with Crippen LogP contribution in [0, 0.1) is 0 Å². The molecule has 2 aromatic rings. The van der Waals surface area contributed by atoms with E-state index in [-0.39, 0.29) is 5.91 Å². The predicted molar refractivity (Wildman–Crippen MR) is 90.6 cm³/mol. The third-order valence-corrected chi connectivity index (χ3v) is 3.26. The van der Waals surface area contributed by atoms with Gasteiger partial charge in [-0.2, -0.15) is 0 Å².